The van der Waals surface area contributed by atoms with E-state index in [0.29, 0.717) is 18.6 Å². The summed E-state index contributed by atoms with van der Waals surface area (Å²) in [5, 5.41) is 18.9. The molecule has 6 rings (SSSR count). The standard InChI is InChI=1S/C30H34N4O8S2/c1-3-19-15-30(19,27(36)33-44(39,40)22-7-8-22)32-26(35)24-14-21(17-34(24)28(37)29(38)10-11-29)42-31-16-18-13-20(41-2)6-9-23(18)25-5-4-12-43-25/h3-6,9,12-13,16,19,21-22,24,38H,1,7-8,10-11,14-15,17H2,2H3,(H,32,35)(H,33,36)/b31-16+/t19-,21?,24?,30+/m1/s1. The van der Waals surface area contributed by atoms with E-state index in [9.17, 15) is 27.9 Å². The average molecular weight is 643 g/mol. The van der Waals surface area contributed by atoms with Crippen LogP contribution in [0.3, 0.4) is 0 Å². The number of aliphatic hydroxyl groups is 1. The maximum Gasteiger partial charge on any atom is 0.259 e. The summed E-state index contributed by atoms with van der Waals surface area (Å²) in [6.07, 6.45) is 4.11. The molecular weight excluding hydrogens is 608 g/mol. The van der Waals surface area contributed by atoms with E-state index in [1.807, 2.05) is 35.7 Å². The van der Waals surface area contributed by atoms with E-state index in [1.54, 1.807) is 24.7 Å². The fourth-order valence-electron chi connectivity index (χ4n) is 5.57. The second-order valence-corrected chi connectivity index (χ2v) is 14.7. The number of likely N-dealkylation sites (tertiary alicyclic amines) is 1. The molecule has 44 heavy (non-hydrogen) atoms. The Morgan fingerprint density at radius 1 is 1.23 bits per heavy atom. The lowest BCUT2D eigenvalue weighted by atomic mass is 10.1. The monoisotopic (exact) mass is 642 g/mol. The first-order valence-electron chi connectivity index (χ1n) is 14.4. The number of nitrogens with zero attached hydrogens (tertiary/aromatic N) is 2. The fraction of sp³-hybridized carbons (Fsp3) is 0.467. The average Bonchev–Trinajstić information content (AvgIpc) is 3.97. The Morgan fingerprint density at radius 3 is 2.61 bits per heavy atom. The molecule has 2 unspecified atom stereocenters. The van der Waals surface area contributed by atoms with Crippen molar-refractivity contribution >= 4 is 45.3 Å². The highest BCUT2D eigenvalue weighted by atomic mass is 32.2. The Bertz CT molecular complexity index is 1620. The predicted molar refractivity (Wildman–Crippen MR) is 162 cm³/mol. The van der Waals surface area contributed by atoms with Crippen molar-refractivity contribution < 1.29 is 37.5 Å². The zero-order valence-electron chi connectivity index (χ0n) is 24.1. The molecule has 4 atom stereocenters. The number of sulfonamides is 1. The van der Waals surface area contributed by atoms with Crippen LogP contribution in [-0.2, 0) is 29.2 Å². The van der Waals surface area contributed by atoms with Gasteiger partial charge in [0.05, 0.1) is 25.1 Å². The van der Waals surface area contributed by atoms with Crippen LogP contribution in [0, 0.1) is 5.92 Å². The van der Waals surface area contributed by atoms with Crippen LogP contribution in [-0.4, -0.2) is 84.6 Å². The number of thiophene rings is 1. The van der Waals surface area contributed by atoms with Gasteiger partial charge in [-0.05, 0) is 61.7 Å². The van der Waals surface area contributed by atoms with Gasteiger partial charge < -0.3 is 24.9 Å². The Hall–Kier alpha value is -3.75. The molecule has 2 heterocycles. The molecule has 1 aromatic carbocycles. The molecule has 14 heteroatoms. The van der Waals surface area contributed by atoms with Crippen LogP contribution in [0.2, 0.25) is 0 Å². The van der Waals surface area contributed by atoms with E-state index in [2.05, 4.69) is 21.8 Å². The third-order valence-electron chi connectivity index (χ3n) is 8.64. The maximum atomic E-state index is 13.7. The lowest BCUT2D eigenvalue weighted by Crippen LogP contribution is -2.57. The maximum absolute atomic E-state index is 13.7. The molecule has 2 aromatic rings. The zero-order chi connectivity index (χ0) is 31.3. The summed E-state index contributed by atoms with van der Waals surface area (Å²) < 4.78 is 32.4. The van der Waals surface area contributed by atoms with Crippen LogP contribution in [0.4, 0.5) is 0 Å². The number of carbonyl (C=O) groups is 3. The summed E-state index contributed by atoms with van der Waals surface area (Å²) in [5.41, 5.74) is -1.35. The predicted octanol–water partition coefficient (Wildman–Crippen LogP) is 1.94. The summed E-state index contributed by atoms with van der Waals surface area (Å²) in [6, 6.07) is 8.47. The highest BCUT2D eigenvalue weighted by molar-refractivity contribution is 7.91. The minimum atomic E-state index is -3.84. The van der Waals surface area contributed by atoms with Crippen LogP contribution >= 0.6 is 11.3 Å². The number of benzene rings is 1. The van der Waals surface area contributed by atoms with Crippen molar-refractivity contribution in [3.63, 3.8) is 0 Å². The zero-order valence-corrected chi connectivity index (χ0v) is 25.7. The number of nitrogens with one attached hydrogen (secondary N) is 2. The normalized spacial score (nSPS) is 27.0. The molecule has 3 aliphatic carbocycles. The molecule has 234 valence electrons. The molecule has 3 N–H and O–H groups in total. The van der Waals surface area contributed by atoms with Crippen molar-refractivity contribution in [2.24, 2.45) is 11.1 Å². The largest absolute Gasteiger partial charge is 0.497 e. The highest BCUT2D eigenvalue weighted by Gasteiger charge is 2.62. The quantitative estimate of drug-likeness (QED) is 0.180. The number of hydrogen-bond donors (Lipinski definition) is 3. The fourth-order valence-corrected chi connectivity index (χ4v) is 7.71. The van der Waals surface area contributed by atoms with Crippen molar-refractivity contribution in [2.75, 3.05) is 13.7 Å². The van der Waals surface area contributed by atoms with E-state index < -0.39 is 62.2 Å². The molecular formula is C30H34N4O8S2. The van der Waals surface area contributed by atoms with Crippen molar-refractivity contribution in [2.45, 2.75) is 67.1 Å². The van der Waals surface area contributed by atoms with Crippen LogP contribution in [0.15, 0.2) is 53.5 Å². The minimum absolute atomic E-state index is 0.00734. The Balaban J connectivity index is 1.18. The third kappa shape index (κ3) is 5.85. The second-order valence-electron chi connectivity index (χ2n) is 11.8. The Kier molecular flexibility index (Phi) is 7.79. The molecule has 0 spiro atoms. The van der Waals surface area contributed by atoms with Gasteiger partial charge in [0.15, 0.2) is 0 Å². The first-order chi connectivity index (χ1) is 21.0. The van der Waals surface area contributed by atoms with Gasteiger partial charge in [-0.15, -0.1) is 17.9 Å². The lowest BCUT2D eigenvalue weighted by molar-refractivity contribution is -0.147. The summed E-state index contributed by atoms with van der Waals surface area (Å²) in [6.45, 7) is 3.71. The molecule has 1 aliphatic heterocycles. The molecule has 0 bridgehead atoms. The lowest BCUT2D eigenvalue weighted by Gasteiger charge is -2.27. The summed E-state index contributed by atoms with van der Waals surface area (Å²) >= 11 is 1.57. The topological polar surface area (TPSA) is 164 Å². The van der Waals surface area contributed by atoms with E-state index in [0.717, 1.165) is 16.0 Å². The number of carbonyl (C=O) groups excluding carboxylic acids is 3. The van der Waals surface area contributed by atoms with E-state index in [1.165, 1.54) is 11.0 Å². The van der Waals surface area contributed by atoms with Gasteiger partial charge >= 0.3 is 0 Å². The first kappa shape index (κ1) is 30.3. The van der Waals surface area contributed by atoms with Crippen LogP contribution in [0.25, 0.3) is 10.4 Å². The summed E-state index contributed by atoms with van der Waals surface area (Å²) in [4.78, 5) is 48.2. The Morgan fingerprint density at radius 2 is 2.00 bits per heavy atom. The summed E-state index contributed by atoms with van der Waals surface area (Å²) in [5.74, 6) is -1.90. The van der Waals surface area contributed by atoms with E-state index >= 15 is 0 Å². The second kappa shape index (κ2) is 11.3. The Labute approximate surface area is 259 Å². The van der Waals surface area contributed by atoms with Crippen LogP contribution in [0.1, 0.15) is 44.1 Å². The smallest absolute Gasteiger partial charge is 0.259 e. The van der Waals surface area contributed by atoms with Gasteiger partial charge in [0, 0.05) is 28.3 Å². The minimum Gasteiger partial charge on any atom is -0.497 e. The van der Waals surface area contributed by atoms with Crippen molar-refractivity contribution in [3.8, 4) is 16.2 Å². The van der Waals surface area contributed by atoms with Crippen molar-refractivity contribution in [1.82, 2.24) is 14.9 Å². The van der Waals surface area contributed by atoms with E-state index in [4.69, 9.17) is 9.57 Å². The molecule has 3 amide bonds. The van der Waals surface area contributed by atoms with Crippen LogP contribution in [0.5, 0.6) is 5.75 Å². The first-order valence-corrected chi connectivity index (χ1v) is 16.9. The van der Waals surface area contributed by atoms with Gasteiger partial charge in [0.25, 0.3) is 11.8 Å². The van der Waals surface area contributed by atoms with Gasteiger partial charge in [-0.3, -0.25) is 19.1 Å². The van der Waals surface area contributed by atoms with Gasteiger partial charge in [-0.1, -0.05) is 17.3 Å². The van der Waals surface area contributed by atoms with Gasteiger partial charge in [0.2, 0.25) is 15.9 Å². The van der Waals surface area contributed by atoms with Crippen molar-refractivity contribution in [1.29, 1.82) is 0 Å². The molecule has 0 radical (unpaired) electrons. The number of oxime groups is 1. The molecule has 4 fully saturated rings. The SMILES string of the molecule is C=C[C@@H]1C[C@@]1(NC(=O)C1CC(O/N=C/c2cc(OC)ccc2-c2cccs2)CN1C(=O)C1(O)CC1)C(=O)NS(=O)(=O)C1CC1. The van der Waals surface area contributed by atoms with Crippen molar-refractivity contribution in [3.05, 3.63) is 53.9 Å². The van der Waals surface area contributed by atoms with Gasteiger partial charge in [0.1, 0.15) is 29.0 Å². The van der Waals surface area contributed by atoms with E-state index in [-0.39, 0.29) is 32.2 Å². The number of methoxy groups -OCH3 is 1. The molecule has 1 saturated heterocycles. The molecule has 1 aromatic heterocycles. The molecule has 4 aliphatic rings. The van der Waals surface area contributed by atoms with Crippen LogP contribution < -0.4 is 14.8 Å². The number of rotatable bonds is 12. The summed E-state index contributed by atoms with van der Waals surface area (Å²) in [7, 11) is -2.27. The van der Waals surface area contributed by atoms with Gasteiger partial charge in [-0.25, -0.2) is 8.42 Å². The number of ether oxygens (including phenoxy) is 1. The number of amides is 3. The molecule has 12 nitrogen and oxygen atoms in total. The van der Waals surface area contributed by atoms with Gasteiger partial charge in [-0.2, -0.15) is 0 Å². The third-order valence-corrected chi connectivity index (χ3v) is 11.4. The highest BCUT2D eigenvalue weighted by Crippen LogP contribution is 2.46. The number of hydrogen-bond acceptors (Lipinski definition) is 10. The molecule has 3 saturated carbocycles.